The van der Waals surface area contributed by atoms with E-state index in [9.17, 15) is 0 Å². The number of rotatable bonds is 8. The van der Waals surface area contributed by atoms with Crippen LogP contribution in [-0.2, 0) is 6.54 Å². The Balaban J connectivity index is 1.53. The summed E-state index contributed by atoms with van der Waals surface area (Å²) < 4.78 is 5.48. The average molecular weight is 341 g/mol. The van der Waals surface area contributed by atoms with Gasteiger partial charge < -0.3 is 20.3 Å². The molecule has 1 aromatic carbocycles. The summed E-state index contributed by atoms with van der Waals surface area (Å²) in [5.41, 5.74) is 1.27. The summed E-state index contributed by atoms with van der Waals surface area (Å²) in [7, 11) is 1.88. The molecule has 0 saturated carbocycles. The van der Waals surface area contributed by atoms with E-state index in [1.807, 2.05) is 32.2 Å². The van der Waals surface area contributed by atoms with Gasteiger partial charge in [-0.15, -0.1) is 0 Å². The molecule has 0 aliphatic carbocycles. The molecule has 1 atom stereocenters. The zero-order valence-corrected chi connectivity index (χ0v) is 15.0. The number of anilines is 2. The minimum Gasteiger partial charge on any atom is -0.494 e. The highest BCUT2D eigenvalue weighted by Gasteiger charge is 2.25. The summed E-state index contributed by atoms with van der Waals surface area (Å²) in [4.78, 5) is 11.0. The molecule has 1 aromatic heterocycles. The SMILES string of the molecule is CCOc1ccc(CNCC2CCCN2c2cc(NC)ncn2)cc1. The molecule has 6 heteroatoms. The van der Waals surface area contributed by atoms with Crippen molar-refractivity contribution in [2.45, 2.75) is 32.4 Å². The molecular weight excluding hydrogens is 314 g/mol. The van der Waals surface area contributed by atoms with Crippen molar-refractivity contribution in [1.82, 2.24) is 15.3 Å². The molecule has 0 spiro atoms. The van der Waals surface area contributed by atoms with Gasteiger partial charge in [0.2, 0.25) is 0 Å². The topological polar surface area (TPSA) is 62.3 Å². The smallest absolute Gasteiger partial charge is 0.134 e. The van der Waals surface area contributed by atoms with Gasteiger partial charge in [0.1, 0.15) is 23.7 Å². The van der Waals surface area contributed by atoms with Gasteiger partial charge in [-0.1, -0.05) is 12.1 Å². The minimum absolute atomic E-state index is 0.474. The fourth-order valence-corrected chi connectivity index (χ4v) is 3.24. The molecule has 2 heterocycles. The lowest BCUT2D eigenvalue weighted by atomic mass is 10.2. The maximum atomic E-state index is 5.48. The monoisotopic (exact) mass is 341 g/mol. The zero-order chi connectivity index (χ0) is 17.5. The zero-order valence-electron chi connectivity index (χ0n) is 15.0. The van der Waals surface area contributed by atoms with Crippen LogP contribution in [0.1, 0.15) is 25.3 Å². The third-order valence-electron chi connectivity index (χ3n) is 4.52. The first-order valence-corrected chi connectivity index (χ1v) is 8.99. The lowest BCUT2D eigenvalue weighted by Crippen LogP contribution is -2.38. The van der Waals surface area contributed by atoms with E-state index in [-0.39, 0.29) is 0 Å². The van der Waals surface area contributed by atoms with Gasteiger partial charge in [-0.2, -0.15) is 0 Å². The van der Waals surface area contributed by atoms with Crippen molar-refractivity contribution in [3.8, 4) is 5.75 Å². The second-order valence-electron chi connectivity index (χ2n) is 6.21. The minimum atomic E-state index is 0.474. The molecule has 0 radical (unpaired) electrons. The Morgan fingerprint density at radius 2 is 2.08 bits per heavy atom. The van der Waals surface area contributed by atoms with E-state index < -0.39 is 0 Å². The molecule has 134 valence electrons. The van der Waals surface area contributed by atoms with E-state index in [1.165, 1.54) is 18.4 Å². The van der Waals surface area contributed by atoms with Crippen LogP contribution in [0.25, 0.3) is 0 Å². The van der Waals surface area contributed by atoms with Crippen LogP contribution in [0.2, 0.25) is 0 Å². The summed E-state index contributed by atoms with van der Waals surface area (Å²) in [5.74, 6) is 2.79. The number of hydrogen-bond donors (Lipinski definition) is 2. The molecule has 2 aromatic rings. The summed E-state index contributed by atoms with van der Waals surface area (Å²) in [5, 5.41) is 6.66. The maximum Gasteiger partial charge on any atom is 0.134 e. The molecule has 0 amide bonds. The number of nitrogens with zero attached hydrogens (tertiary/aromatic N) is 3. The molecule has 1 unspecified atom stereocenters. The van der Waals surface area contributed by atoms with Crippen molar-refractivity contribution in [2.24, 2.45) is 0 Å². The predicted molar refractivity (Wildman–Crippen MR) is 101 cm³/mol. The van der Waals surface area contributed by atoms with Gasteiger partial charge in [-0.05, 0) is 37.5 Å². The van der Waals surface area contributed by atoms with Crippen molar-refractivity contribution < 1.29 is 4.74 Å². The Morgan fingerprint density at radius 1 is 1.24 bits per heavy atom. The maximum absolute atomic E-state index is 5.48. The molecule has 1 fully saturated rings. The molecule has 0 bridgehead atoms. The van der Waals surface area contributed by atoms with E-state index in [2.05, 4.69) is 37.6 Å². The number of aromatic nitrogens is 2. The highest BCUT2D eigenvalue weighted by Crippen LogP contribution is 2.24. The van der Waals surface area contributed by atoms with Crippen molar-refractivity contribution in [1.29, 1.82) is 0 Å². The first-order chi connectivity index (χ1) is 12.3. The normalized spacial score (nSPS) is 16.9. The highest BCUT2D eigenvalue weighted by atomic mass is 16.5. The summed E-state index contributed by atoms with van der Waals surface area (Å²) in [6, 6.07) is 10.8. The fourth-order valence-electron chi connectivity index (χ4n) is 3.24. The summed E-state index contributed by atoms with van der Waals surface area (Å²) in [6.07, 6.45) is 4.02. The second kappa shape index (κ2) is 8.67. The number of ether oxygens (including phenoxy) is 1. The number of hydrogen-bond acceptors (Lipinski definition) is 6. The Morgan fingerprint density at radius 3 is 2.84 bits per heavy atom. The summed E-state index contributed by atoms with van der Waals surface area (Å²) in [6.45, 7) is 5.57. The van der Waals surface area contributed by atoms with Gasteiger partial charge in [-0.25, -0.2) is 9.97 Å². The standard InChI is InChI=1S/C19H27N5O/c1-3-25-17-8-6-15(7-9-17)12-21-13-16-5-4-10-24(16)19-11-18(20-2)22-14-23-19/h6-9,11,14,16,21H,3-5,10,12-13H2,1-2H3,(H,20,22,23). The van der Waals surface area contributed by atoms with E-state index in [0.29, 0.717) is 12.6 Å². The quantitative estimate of drug-likeness (QED) is 0.770. The van der Waals surface area contributed by atoms with Crippen LogP contribution < -0.4 is 20.3 Å². The molecular formula is C19H27N5O. The van der Waals surface area contributed by atoms with Gasteiger partial charge in [0.15, 0.2) is 0 Å². The van der Waals surface area contributed by atoms with Crippen LogP contribution in [0.4, 0.5) is 11.6 Å². The first-order valence-electron chi connectivity index (χ1n) is 8.99. The van der Waals surface area contributed by atoms with Crippen molar-refractivity contribution in [3.63, 3.8) is 0 Å². The Hall–Kier alpha value is -2.34. The average Bonchev–Trinajstić information content (AvgIpc) is 3.12. The van der Waals surface area contributed by atoms with Gasteiger partial charge in [0, 0.05) is 38.8 Å². The van der Waals surface area contributed by atoms with E-state index >= 15 is 0 Å². The third-order valence-corrected chi connectivity index (χ3v) is 4.52. The first kappa shape index (κ1) is 17.5. The largest absolute Gasteiger partial charge is 0.494 e. The van der Waals surface area contributed by atoms with Crippen LogP contribution in [-0.4, -0.2) is 42.8 Å². The lowest BCUT2D eigenvalue weighted by Gasteiger charge is -2.26. The van der Waals surface area contributed by atoms with Crippen LogP contribution in [0.5, 0.6) is 5.75 Å². The Labute approximate surface area is 149 Å². The van der Waals surface area contributed by atoms with Gasteiger partial charge in [0.25, 0.3) is 0 Å². The molecule has 1 aliphatic rings. The Bertz CT molecular complexity index is 661. The van der Waals surface area contributed by atoms with Gasteiger partial charge in [0.05, 0.1) is 6.61 Å². The van der Waals surface area contributed by atoms with Gasteiger partial charge >= 0.3 is 0 Å². The van der Waals surface area contributed by atoms with E-state index in [1.54, 1.807) is 6.33 Å². The number of benzene rings is 1. The molecule has 1 aliphatic heterocycles. The highest BCUT2D eigenvalue weighted by molar-refractivity contribution is 5.49. The van der Waals surface area contributed by atoms with E-state index in [0.717, 1.165) is 37.0 Å². The fraction of sp³-hybridized carbons (Fsp3) is 0.474. The van der Waals surface area contributed by atoms with E-state index in [4.69, 9.17) is 4.74 Å². The molecule has 6 nitrogen and oxygen atoms in total. The Kier molecular flexibility index (Phi) is 6.06. The van der Waals surface area contributed by atoms with Gasteiger partial charge in [-0.3, -0.25) is 0 Å². The molecule has 3 rings (SSSR count). The van der Waals surface area contributed by atoms with Crippen molar-refractivity contribution in [3.05, 3.63) is 42.2 Å². The second-order valence-corrected chi connectivity index (χ2v) is 6.21. The van der Waals surface area contributed by atoms with Crippen LogP contribution in [0, 0.1) is 0 Å². The molecule has 2 N–H and O–H groups in total. The molecule has 25 heavy (non-hydrogen) atoms. The van der Waals surface area contributed by atoms with Crippen LogP contribution in [0.15, 0.2) is 36.7 Å². The lowest BCUT2D eigenvalue weighted by molar-refractivity contribution is 0.340. The molecule has 1 saturated heterocycles. The van der Waals surface area contributed by atoms with Crippen LogP contribution >= 0.6 is 0 Å². The number of nitrogens with one attached hydrogen (secondary N) is 2. The van der Waals surface area contributed by atoms with Crippen LogP contribution in [0.3, 0.4) is 0 Å². The van der Waals surface area contributed by atoms with Crippen molar-refractivity contribution in [2.75, 3.05) is 37.0 Å². The summed E-state index contributed by atoms with van der Waals surface area (Å²) >= 11 is 0. The van der Waals surface area contributed by atoms with Crippen molar-refractivity contribution >= 4 is 11.6 Å². The third kappa shape index (κ3) is 4.60. The predicted octanol–water partition coefficient (Wildman–Crippen LogP) is 2.68.